The lowest BCUT2D eigenvalue weighted by Crippen LogP contribution is -2.52. The summed E-state index contributed by atoms with van der Waals surface area (Å²) in [5.41, 5.74) is 3.89. The van der Waals surface area contributed by atoms with Gasteiger partial charge in [0, 0.05) is 38.3 Å². The summed E-state index contributed by atoms with van der Waals surface area (Å²) in [6, 6.07) is 13.4. The Morgan fingerprint density at radius 3 is 2.43 bits per heavy atom. The SMILES string of the molecule is CN1CCN(NC(=O)c2ccc(Cl)c(S(=O)(=O)NCc3ccccc3)c2)CC1. The maximum absolute atomic E-state index is 12.7. The first kappa shape index (κ1) is 20.8. The second kappa shape index (κ2) is 9.02. The monoisotopic (exact) mass is 422 g/mol. The molecule has 1 saturated heterocycles. The molecule has 7 nitrogen and oxygen atoms in total. The van der Waals surface area contributed by atoms with Gasteiger partial charge in [0.25, 0.3) is 5.91 Å². The molecule has 1 amide bonds. The van der Waals surface area contributed by atoms with Gasteiger partial charge >= 0.3 is 0 Å². The van der Waals surface area contributed by atoms with Gasteiger partial charge in [-0.3, -0.25) is 10.2 Å². The number of sulfonamides is 1. The molecule has 28 heavy (non-hydrogen) atoms. The zero-order valence-electron chi connectivity index (χ0n) is 15.6. The van der Waals surface area contributed by atoms with Crippen LogP contribution in [0.4, 0.5) is 0 Å². The molecule has 2 aromatic carbocycles. The number of amides is 1. The van der Waals surface area contributed by atoms with Gasteiger partial charge in [-0.15, -0.1) is 0 Å². The number of carbonyl (C=O) groups excluding carboxylic acids is 1. The van der Waals surface area contributed by atoms with E-state index in [0.29, 0.717) is 13.1 Å². The fourth-order valence-corrected chi connectivity index (χ4v) is 4.37. The van der Waals surface area contributed by atoms with Crippen LogP contribution >= 0.6 is 11.6 Å². The number of hydrogen-bond acceptors (Lipinski definition) is 5. The van der Waals surface area contributed by atoms with Crippen LogP contribution in [0.15, 0.2) is 53.4 Å². The number of hydrogen-bond donors (Lipinski definition) is 2. The minimum Gasteiger partial charge on any atom is -0.304 e. The fraction of sp³-hybridized carbons (Fsp3) is 0.316. The summed E-state index contributed by atoms with van der Waals surface area (Å²) in [6.07, 6.45) is 0. The lowest BCUT2D eigenvalue weighted by atomic mass is 10.2. The van der Waals surface area contributed by atoms with E-state index in [1.54, 1.807) is 0 Å². The van der Waals surface area contributed by atoms with Crippen LogP contribution in [-0.2, 0) is 16.6 Å². The van der Waals surface area contributed by atoms with Crippen LogP contribution < -0.4 is 10.1 Å². The van der Waals surface area contributed by atoms with E-state index in [0.717, 1.165) is 18.7 Å². The average Bonchev–Trinajstić information content (AvgIpc) is 2.69. The Labute approximate surface area is 170 Å². The summed E-state index contributed by atoms with van der Waals surface area (Å²) in [5.74, 6) is -0.360. The Kier molecular flexibility index (Phi) is 6.69. The first-order valence-electron chi connectivity index (χ1n) is 8.93. The fourth-order valence-electron chi connectivity index (χ4n) is 2.83. The Hall–Kier alpha value is -1.97. The van der Waals surface area contributed by atoms with Crippen molar-refractivity contribution >= 4 is 27.5 Å². The minimum atomic E-state index is -3.87. The van der Waals surface area contributed by atoms with Crippen LogP contribution in [0, 0.1) is 0 Å². The second-order valence-electron chi connectivity index (χ2n) is 6.69. The van der Waals surface area contributed by atoms with E-state index in [1.165, 1.54) is 18.2 Å². The summed E-state index contributed by atoms with van der Waals surface area (Å²) in [6.45, 7) is 3.25. The summed E-state index contributed by atoms with van der Waals surface area (Å²) in [4.78, 5) is 14.6. The molecule has 0 spiro atoms. The number of rotatable bonds is 6. The van der Waals surface area contributed by atoms with Crippen molar-refractivity contribution in [1.29, 1.82) is 0 Å². The predicted octanol–water partition coefficient (Wildman–Crippen LogP) is 1.71. The van der Waals surface area contributed by atoms with Gasteiger partial charge in [0.05, 0.1) is 5.02 Å². The Morgan fingerprint density at radius 1 is 1.07 bits per heavy atom. The molecule has 2 aromatic rings. The number of likely N-dealkylation sites (N-methyl/N-ethyl adjacent to an activating group) is 1. The van der Waals surface area contributed by atoms with Crippen molar-refractivity contribution in [3.8, 4) is 0 Å². The van der Waals surface area contributed by atoms with Crippen LogP contribution in [0.3, 0.4) is 0 Å². The molecule has 1 heterocycles. The van der Waals surface area contributed by atoms with E-state index in [9.17, 15) is 13.2 Å². The van der Waals surface area contributed by atoms with Crippen LogP contribution in [-0.4, -0.2) is 57.5 Å². The van der Waals surface area contributed by atoms with Gasteiger partial charge in [0.1, 0.15) is 4.90 Å². The van der Waals surface area contributed by atoms with Crippen molar-refractivity contribution in [2.75, 3.05) is 33.2 Å². The van der Waals surface area contributed by atoms with Gasteiger partial charge < -0.3 is 4.90 Å². The van der Waals surface area contributed by atoms with Crippen LogP contribution in [0.2, 0.25) is 5.02 Å². The minimum absolute atomic E-state index is 0.0664. The molecular weight excluding hydrogens is 400 g/mol. The van der Waals surface area contributed by atoms with E-state index < -0.39 is 10.0 Å². The van der Waals surface area contributed by atoms with Crippen molar-refractivity contribution in [2.24, 2.45) is 0 Å². The molecule has 1 aliphatic heterocycles. The maximum Gasteiger partial charge on any atom is 0.265 e. The highest BCUT2D eigenvalue weighted by atomic mass is 35.5. The molecule has 0 aliphatic carbocycles. The Balaban J connectivity index is 1.72. The number of hydrazine groups is 1. The maximum atomic E-state index is 12.7. The number of halogens is 1. The summed E-state index contributed by atoms with van der Waals surface area (Å²) in [7, 11) is -1.84. The van der Waals surface area contributed by atoms with Crippen molar-refractivity contribution in [2.45, 2.75) is 11.4 Å². The average molecular weight is 423 g/mol. The number of carbonyl (C=O) groups is 1. The largest absolute Gasteiger partial charge is 0.304 e. The molecule has 9 heteroatoms. The highest BCUT2D eigenvalue weighted by Gasteiger charge is 2.22. The predicted molar refractivity (Wildman–Crippen MR) is 108 cm³/mol. The smallest absolute Gasteiger partial charge is 0.265 e. The second-order valence-corrected chi connectivity index (χ2v) is 8.83. The third-order valence-corrected chi connectivity index (χ3v) is 6.44. The van der Waals surface area contributed by atoms with Crippen LogP contribution in [0.5, 0.6) is 0 Å². The lowest BCUT2D eigenvalue weighted by Gasteiger charge is -2.32. The molecule has 3 rings (SSSR count). The van der Waals surface area contributed by atoms with Crippen molar-refractivity contribution in [1.82, 2.24) is 20.1 Å². The highest BCUT2D eigenvalue weighted by molar-refractivity contribution is 7.89. The molecular formula is C19H23ClN4O3S. The standard InChI is InChI=1S/C19H23ClN4O3S/c1-23-9-11-24(12-10-23)22-19(25)16-7-8-17(20)18(13-16)28(26,27)21-14-15-5-3-2-4-6-15/h2-8,13,21H,9-12,14H2,1H3,(H,22,25). The zero-order chi connectivity index (χ0) is 20.1. The van der Waals surface area contributed by atoms with Gasteiger partial charge in [-0.2, -0.15) is 0 Å². The summed E-state index contributed by atoms with van der Waals surface area (Å²) in [5, 5.41) is 1.90. The van der Waals surface area contributed by atoms with Gasteiger partial charge in [0.15, 0.2) is 0 Å². The van der Waals surface area contributed by atoms with Crippen LogP contribution in [0.1, 0.15) is 15.9 Å². The van der Waals surface area contributed by atoms with E-state index in [4.69, 9.17) is 11.6 Å². The van der Waals surface area contributed by atoms with Crippen molar-refractivity contribution in [3.63, 3.8) is 0 Å². The quantitative estimate of drug-likeness (QED) is 0.740. The van der Waals surface area contributed by atoms with E-state index >= 15 is 0 Å². The van der Waals surface area contributed by atoms with Gasteiger partial charge in [-0.25, -0.2) is 18.1 Å². The van der Waals surface area contributed by atoms with Gasteiger partial charge in [0.2, 0.25) is 10.0 Å². The van der Waals surface area contributed by atoms with Crippen molar-refractivity contribution in [3.05, 3.63) is 64.7 Å². The molecule has 0 saturated carbocycles. The molecule has 0 aromatic heterocycles. The molecule has 0 unspecified atom stereocenters. The normalized spacial score (nSPS) is 16.1. The van der Waals surface area contributed by atoms with E-state index in [2.05, 4.69) is 15.0 Å². The molecule has 0 atom stereocenters. The van der Waals surface area contributed by atoms with E-state index in [1.807, 2.05) is 42.4 Å². The topological polar surface area (TPSA) is 81.8 Å². The van der Waals surface area contributed by atoms with Crippen molar-refractivity contribution < 1.29 is 13.2 Å². The third-order valence-electron chi connectivity index (χ3n) is 4.55. The molecule has 2 N–H and O–H groups in total. The number of nitrogens with zero attached hydrogens (tertiary/aromatic N) is 2. The zero-order valence-corrected chi connectivity index (χ0v) is 17.1. The number of piperazine rings is 1. The highest BCUT2D eigenvalue weighted by Crippen LogP contribution is 2.23. The van der Waals surface area contributed by atoms with Crippen LogP contribution in [0.25, 0.3) is 0 Å². The summed E-state index contributed by atoms with van der Waals surface area (Å²) >= 11 is 6.11. The van der Waals surface area contributed by atoms with E-state index in [-0.39, 0.29) is 27.9 Å². The first-order valence-corrected chi connectivity index (χ1v) is 10.8. The molecule has 1 fully saturated rings. The molecule has 150 valence electrons. The Bertz CT molecular complexity index is 929. The molecule has 0 radical (unpaired) electrons. The molecule has 1 aliphatic rings. The third kappa shape index (κ3) is 5.30. The first-order chi connectivity index (χ1) is 13.3. The Morgan fingerprint density at radius 2 is 1.75 bits per heavy atom. The molecule has 0 bridgehead atoms. The lowest BCUT2D eigenvalue weighted by molar-refractivity contribution is 0.0662. The number of benzene rings is 2. The van der Waals surface area contributed by atoms with Gasteiger partial charge in [-0.1, -0.05) is 41.9 Å². The summed E-state index contributed by atoms with van der Waals surface area (Å²) < 4.78 is 27.9. The van der Waals surface area contributed by atoms with Gasteiger partial charge in [-0.05, 0) is 30.8 Å². The number of nitrogens with one attached hydrogen (secondary N) is 2.